The van der Waals surface area contributed by atoms with Gasteiger partial charge in [0.2, 0.25) is 0 Å². The van der Waals surface area contributed by atoms with Crippen LogP contribution in [0.5, 0.6) is 0 Å². The molecule has 2 N–H and O–H groups in total. The van der Waals surface area contributed by atoms with E-state index in [4.69, 9.17) is 0 Å². The van der Waals surface area contributed by atoms with Crippen LogP contribution in [0.3, 0.4) is 0 Å². The van der Waals surface area contributed by atoms with Gasteiger partial charge in [-0.2, -0.15) is 0 Å². The standard InChI is InChI=1S/C21H32N4O/c26-20(25-13-9-21(17-25)8-10-22-16-21)23-14-18-4-6-19(7-5-18)15-24-11-2-1-3-12-24/h4-7,22H,1-3,8-17H2,(H,23,26). The number of likely N-dealkylation sites (tertiary alicyclic amines) is 2. The first-order valence-corrected chi connectivity index (χ1v) is 10.3. The zero-order valence-electron chi connectivity index (χ0n) is 15.8. The van der Waals surface area contributed by atoms with Gasteiger partial charge in [-0.05, 0) is 56.4 Å². The molecule has 1 aromatic carbocycles. The molecule has 0 aromatic heterocycles. The van der Waals surface area contributed by atoms with Crippen molar-refractivity contribution < 1.29 is 4.79 Å². The number of benzene rings is 1. The van der Waals surface area contributed by atoms with Crippen LogP contribution in [0.1, 0.15) is 43.2 Å². The van der Waals surface area contributed by atoms with Crippen molar-refractivity contribution in [2.75, 3.05) is 39.3 Å². The number of hydrogen-bond donors (Lipinski definition) is 2. The number of urea groups is 1. The summed E-state index contributed by atoms with van der Waals surface area (Å²) in [4.78, 5) is 17.0. The van der Waals surface area contributed by atoms with Crippen LogP contribution in [0.15, 0.2) is 24.3 Å². The Morgan fingerprint density at radius 3 is 2.54 bits per heavy atom. The number of rotatable bonds is 4. The fourth-order valence-corrected chi connectivity index (χ4v) is 4.68. The van der Waals surface area contributed by atoms with E-state index >= 15 is 0 Å². The minimum absolute atomic E-state index is 0.0890. The van der Waals surface area contributed by atoms with Crippen molar-refractivity contribution in [3.63, 3.8) is 0 Å². The van der Waals surface area contributed by atoms with E-state index < -0.39 is 0 Å². The number of amides is 2. The Morgan fingerprint density at radius 1 is 1.04 bits per heavy atom. The van der Waals surface area contributed by atoms with Gasteiger partial charge in [-0.1, -0.05) is 30.7 Å². The minimum Gasteiger partial charge on any atom is -0.334 e. The van der Waals surface area contributed by atoms with Crippen LogP contribution in [0.4, 0.5) is 4.79 Å². The Kier molecular flexibility index (Phi) is 5.46. The first-order valence-electron chi connectivity index (χ1n) is 10.3. The molecule has 1 spiro atoms. The molecule has 0 saturated carbocycles. The van der Waals surface area contributed by atoms with Gasteiger partial charge >= 0.3 is 6.03 Å². The highest BCUT2D eigenvalue weighted by molar-refractivity contribution is 5.74. The predicted molar refractivity (Wildman–Crippen MR) is 104 cm³/mol. The van der Waals surface area contributed by atoms with E-state index in [2.05, 4.69) is 39.8 Å². The van der Waals surface area contributed by atoms with Gasteiger partial charge in [0.15, 0.2) is 0 Å². The Balaban J connectivity index is 1.23. The average Bonchev–Trinajstić information content (AvgIpc) is 3.32. The lowest BCUT2D eigenvalue weighted by Gasteiger charge is -2.26. The summed E-state index contributed by atoms with van der Waals surface area (Å²) in [6.45, 7) is 8.08. The maximum atomic E-state index is 12.5. The molecule has 3 heterocycles. The molecule has 3 aliphatic rings. The molecule has 0 bridgehead atoms. The second-order valence-corrected chi connectivity index (χ2v) is 8.41. The van der Waals surface area contributed by atoms with E-state index in [0.29, 0.717) is 12.0 Å². The summed E-state index contributed by atoms with van der Waals surface area (Å²) in [5.74, 6) is 0. The van der Waals surface area contributed by atoms with Crippen LogP contribution in [-0.2, 0) is 13.1 Å². The van der Waals surface area contributed by atoms with Gasteiger partial charge in [-0.15, -0.1) is 0 Å². The minimum atomic E-state index is 0.0890. The van der Waals surface area contributed by atoms with Gasteiger partial charge in [0.1, 0.15) is 0 Å². The Labute approximate surface area is 157 Å². The lowest BCUT2D eigenvalue weighted by molar-refractivity contribution is 0.201. The summed E-state index contributed by atoms with van der Waals surface area (Å²) < 4.78 is 0. The van der Waals surface area contributed by atoms with Crippen LogP contribution in [0.25, 0.3) is 0 Å². The van der Waals surface area contributed by atoms with E-state index in [-0.39, 0.29) is 6.03 Å². The molecule has 0 aliphatic carbocycles. The first-order chi connectivity index (χ1) is 12.7. The average molecular weight is 357 g/mol. The molecule has 142 valence electrons. The Bertz CT molecular complexity index is 603. The van der Waals surface area contributed by atoms with Crippen molar-refractivity contribution in [1.82, 2.24) is 20.4 Å². The summed E-state index contributed by atoms with van der Waals surface area (Å²) >= 11 is 0. The maximum absolute atomic E-state index is 12.5. The molecular weight excluding hydrogens is 324 g/mol. The lowest BCUT2D eigenvalue weighted by Crippen LogP contribution is -2.40. The Morgan fingerprint density at radius 2 is 1.81 bits per heavy atom. The van der Waals surface area contributed by atoms with E-state index in [0.717, 1.165) is 39.1 Å². The first kappa shape index (κ1) is 17.8. The molecule has 1 aromatic rings. The number of nitrogens with zero attached hydrogens (tertiary/aromatic N) is 2. The lowest BCUT2D eigenvalue weighted by atomic mass is 9.87. The van der Waals surface area contributed by atoms with E-state index in [1.165, 1.54) is 49.9 Å². The van der Waals surface area contributed by atoms with Gasteiger partial charge in [0.25, 0.3) is 0 Å². The SMILES string of the molecule is O=C(NCc1ccc(CN2CCCCC2)cc1)N1CCC2(CCNC2)C1. The molecule has 5 heteroatoms. The normalized spacial score (nSPS) is 26.5. The third kappa shape index (κ3) is 4.21. The highest BCUT2D eigenvalue weighted by atomic mass is 16.2. The van der Waals surface area contributed by atoms with Crippen LogP contribution >= 0.6 is 0 Å². The summed E-state index contributed by atoms with van der Waals surface area (Å²) in [5, 5.41) is 6.55. The third-order valence-corrected chi connectivity index (χ3v) is 6.38. The molecule has 0 radical (unpaired) electrons. The van der Waals surface area contributed by atoms with Crippen molar-refractivity contribution in [3.05, 3.63) is 35.4 Å². The van der Waals surface area contributed by atoms with Gasteiger partial charge in [0.05, 0.1) is 0 Å². The molecule has 3 fully saturated rings. The molecule has 1 unspecified atom stereocenters. The van der Waals surface area contributed by atoms with Gasteiger partial charge in [-0.25, -0.2) is 4.79 Å². The van der Waals surface area contributed by atoms with Crippen LogP contribution in [0.2, 0.25) is 0 Å². The second-order valence-electron chi connectivity index (χ2n) is 8.41. The molecule has 5 nitrogen and oxygen atoms in total. The monoisotopic (exact) mass is 356 g/mol. The maximum Gasteiger partial charge on any atom is 0.317 e. The second kappa shape index (κ2) is 7.97. The van der Waals surface area contributed by atoms with Crippen LogP contribution in [0, 0.1) is 5.41 Å². The van der Waals surface area contributed by atoms with Gasteiger partial charge in [-0.3, -0.25) is 4.90 Å². The van der Waals surface area contributed by atoms with E-state index in [1.807, 2.05) is 4.90 Å². The predicted octanol–water partition coefficient (Wildman–Crippen LogP) is 2.57. The number of piperidine rings is 1. The molecule has 1 atom stereocenters. The van der Waals surface area contributed by atoms with Gasteiger partial charge in [0, 0.05) is 38.1 Å². The van der Waals surface area contributed by atoms with Crippen molar-refractivity contribution in [2.45, 2.75) is 45.2 Å². The topological polar surface area (TPSA) is 47.6 Å². The molecule has 26 heavy (non-hydrogen) atoms. The molecule has 3 aliphatic heterocycles. The number of carbonyl (C=O) groups is 1. The highest BCUT2D eigenvalue weighted by Crippen LogP contribution is 2.35. The Hall–Kier alpha value is -1.59. The number of nitrogens with one attached hydrogen (secondary N) is 2. The third-order valence-electron chi connectivity index (χ3n) is 6.38. The molecule has 4 rings (SSSR count). The summed E-state index contributed by atoms with van der Waals surface area (Å²) in [6, 6.07) is 8.83. The smallest absolute Gasteiger partial charge is 0.317 e. The fraction of sp³-hybridized carbons (Fsp3) is 0.667. The number of carbonyl (C=O) groups excluding carboxylic acids is 1. The molecule has 2 amide bonds. The van der Waals surface area contributed by atoms with Crippen molar-refractivity contribution >= 4 is 6.03 Å². The quantitative estimate of drug-likeness (QED) is 0.872. The zero-order valence-corrected chi connectivity index (χ0v) is 15.8. The molecule has 3 saturated heterocycles. The zero-order chi connectivity index (χ0) is 17.8. The fourth-order valence-electron chi connectivity index (χ4n) is 4.68. The van der Waals surface area contributed by atoms with E-state index in [9.17, 15) is 4.79 Å². The van der Waals surface area contributed by atoms with Crippen molar-refractivity contribution in [3.8, 4) is 0 Å². The van der Waals surface area contributed by atoms with Crippen LogP contribution < -0.4 is 10.6 Å². The highest BCUT2D eigenvalue weighted by Gasteiger charge is 2.41. The number of hydrogen-bond acceptors (Lipinski definition) is 3. The summed E-state index contributed by atoms with van der Waals surface area (Å²) in [5.41, 5.74) is 2.89. The summed E-state index contributed by atoms with van der Waals surface area (Å²) in [7, 11) is 0. The largest absolute Gasteiger partial charge is 0.334 e. The summed E-state index contributed by atoms with van der Waals surface area (Å²) in [6.07, 6.45) is 6.38. The van der Waals surface area contributed by atoms with E-state index in [1.54, 1.807) is 0 Å². The van der Waals surface area contributed by atoms with Crippen molar-refractivity contribution in [2.24, 2.45) is 5.41 Å². The molecular formula is C21H32N4O. The van der Waals surface area contributed by atoms with Gasteiger partial charge < -0.3 is 15.5 Å². The van der Waals surface area contributed by atoms with Crippen LogP contribution in [-0.4, -0.2) is 55.1 Å². The van der Waals surface area contributed by atoms with Crippen molar-refractivity contribution in [1.29, 1.82) is 0 Å².